The Hall–Kier alpha value is -1.95. The lowest BCUT2D eigenvalue weighted by Crippen LogP contribution is -2.43. The molecule has 2 aromatic heterocycles. The van der Waals surface area contributed by atoms with Crippen LogP contribution in [-0.2, 0) is 6.54 Å². The summed E-state index contributed by atoms with van der Waals surface area (Å²) in [5, 5.41) is 3.32. The third-order valence-corrected chi connectivity index (χ3v) is 5.83. The highest BCUT2D eigenvalue weighted by atomic mass is 32.1. The second-order valence-corrected chi connectivity index (χ2v) is 7.35. The van der Waals surface area contributed by atoms with Gasteiger partial charge in [0.05, 0.1) is 0 Å². The molecular weight excluding hydrogens is 316 g/mol. The molecule has 4 nitrogen and oxygen atoms in total. The number of hydrogen-bond donors (Lipinski definition) is 1. The first-order valence-corrected chi connectivity index (χ1v) is 9.21. The summed E-state index contributed by atoms with van der Waals surface area (Å²) in [7, 11) is 2.19. The second-order valence-electron chi connectivity index (χ2n) is 6.47. The number of fused-ring (bicyclic) bond motifs is 1. The molecule has 4 rings (SSSR count). The van der Waals surface area contributed by atoms with Crippen molar-refractivity contribution in [1.82, 2.24) is 14.8 Å². The predicted octanol–water partition coefficient (Wildman–Crippen LogP) is 3.29. The summed E-state index contributed by atoms with van der Waals surface area (Å²) in [6.45, 7) is 5.43. The molecular formula is C19H22N4S. The van der Waals surface area contributed by atoms with E-state index in [1.165, 1.54) is 21.4 Å². The highest BCUT2D eigenvalue weighted by Gasteiger charge is 2.18. The van der Waals surface area contributed by atoms with Crippen LogP contribution in [0.25, 0.3) is 21.2 Å². The number of likely N-dealkylation sites (N-methyl/N-ethyl adjacent to an activating group) is 1. The summed E-state index contributed by atoms with van der Waals surface area (Å²) in [6.07, 6.45) is 1.96. The summed E-state index contributed by atoms with van der Waals surface area (Å²) < 4.78 is 1.28. The molecule has 0 unspecified atom stereocenters. The lowest BCUT2D eigenvalue weighted by Gasteiger charge is -2.32. The third kappa shape index (κ3) is 2.90. The van der Waals surface area contributed by atoms with E-state index >= 15 is 0 Å². The minimum Gasteiger partial charge on any atom is -0.383 e. The first kappa shape index (κ1) is 15.6. The van der Waals surface area contributed by atoms with E-state index in [9.17, 15) is 0 Å². The van der Waals surface area contributed by atoms with Gasteiger partial charge >= 0.3 is 0 Å². The normalized spacial score (nSPS) is 16.7. The van der Waals surface area contributed by atoms with E-state index in [1.807, 2.05) is 12.3 Å². The molecule has 5 heteroatoms. The maximum absolute atomic E-state index is 6.23. The number of rotatable bonds is 3. The molecule has 124 valence electrons. The zero-order chi connectivity index (χ0) is 16.5. The van der Waals surface area contributed by atoms with Gasteiger partial charge in [0.25, 0.3) is 0 Å². The Morgan fingerprint density at radius 2 is 1.88 bits per heavy atom. The van der Waals surface area contributed by atoms with Crippen LogP contribution in [0.2, 0.25) is 0 Å². The lowest BCUT2D eigenvalue weighted by atomic mass is 10.0. The number of pyridine rings is 1. The largest absolute Gasteiger partial charge is 0.383 e. The van der Waals surface area contributed by atoms with E-state index in [0.717, 1.165) is 38.1 Å². The monoisotopic (exact) mass is 338 g/mol. The zero-order valence-electron chi connectivity index (χ0n) is 13.9. The molecule has 3 heterocycles. The number of nitrogens with zero attached hydrogens (tertiary/aromatic N) is 3. The summed E-state index contributed by atoms with van der Waals surface area (Å²) in [5.74, 6) is 0.632. The number of nitrogen functional groups attached to an aromatic ring is 1. The minimum absolute atomic E-state index is 0.632. The number of benzene rings is 1. The topological polar surface area (TPSA) is 45.4 Å². The van der Waals surface area contributed by atoms with Gasteiger partial charge in [-0.05, 0) is 18.0 Å². The molecule has 0 atom stereocenters. The predicted molar refractivity (Wildman–Crippen MR) is 102 cm³/mol. The minimum atomic E-state index is 0.632. The fourth-order valence-electron chi connectivity index (χ4n) is 3.31. The van der Waals surface area contributed by atoms with Crippen molar-refractivity contribution in [1.29, 1.82) is 0 Å². The zero-order valence-corrected chi connectivity index (χ0v) is 14.7. The summed E-state index contributed by atoms with van der Waals surface area (Å²) >= 11 is 1.78. The van der Waals surface area contributed by atoms with E-state index in [-0.39, 0.29) is 0 Å². The first-order chi connectivity index (χ1) is 11.7. The van der Waals surface area contributed by atoms with Crippen LogP contribution >= 0.6 is 11.3 Å². The number of piperazine rings is 1. The SMILES string of the molecule is CN1CCN(Cc2cnc(N)c3c(-c4ccccc4)csc23)CC1. The molecule has 1 saturated heterocycles. The van der Waals surface area contributed by atoms with Crippen molar-refractivity contribution in [2.75, 3.05) is 39.0 Å². The maximum atomic E-state index is 6.23. The first-order valence-electron chi connectivity index (χ1n) is 8.33. The van der Waals surface area contributed by atoms with Crippen LogP contribution in [0.1, 0.15) is 5.56 Å². The molecule has 1 aromatic carbocycles. The summed E-state index contributed by atoms with van der Waals surface area (Å²) in [5.41, 5.74) is 9.92. The smallest absolute Gasteiger partial charge is 0.132 e. The Bertz CT molecular complexity index is 835. The molecule has 0 saturated carbocycles. The number of thiophene rings is 1. The Balaban J connectivity index is 1.71. The standard InChI is InChI=1S/C19H22N4S/c1-22-7-9-23(10-8-22)12-15-11-21-19(20)17-16(13-24-18(15)17)14-5-3-2-4-6-14/h2-6,11,13H,7-10,12H2,1H3,(H2,20,21). The van der Waals surface area contributed by atoms with E-state index in [0.29, 0.717) is 5.82 Å². The lowest BCUT2D eigenvalue weighted by molar-refractivity contribution is 0.148. The molecule has 1 aliphatic rings. The summed E-state index contributed by atoms with van der Waals surface area (Å²) in [4.78, 5) is 9.38. The molecule has 0 radical (unpaired) electrons. The number of anilines is 1. The van der Waals surface area contributed by atoms with Gasteiger partial charge in [-0.15, -0.1) is 11.3 Å². The average Bonchev–Trinajstić information content (AvgIpc) is 3.06. The Morgan fingerprint density at radius 3 is 2.62 bits per heavy atom. The number of nitrogens with two attached hydrogens (primary N) is 1. The van der Waals surface area contributed by atoms with Crippen molar-refractivity contribution >= 4 is 27.2 Å². The summed E-state index contributed by atoms with van der Waals surface area (Å²) in [6, 6.07) is 10.4. The van der Waals surface area contributed by atoms with Crippen LogP contribution in [0.3, 0.4) is 0 Å². The molecule has 0 amide bonds. The van der Waals surface area contributed by atoms with Crippen LogP contribution in [-0.4, -0.2) is 48.0 Å². The molecule has 0 bridgehead atoms. The van der Waals surface area contributed by atoms with E-state index < -0.39 is 0 Å². The second kappa shape index (κ2) is 6.51. The van der Waals surface area contributed by atoms with Crippen molar-refractivity contribution in [2.45, 2.75) is 6.54 Å². The van der Waals surface area contributed by atoms with Crippen LogP contribution < -0.4 is 5.73 Å². The van der Waals surface area contributed by atoms with E-state index in [1.54, 1.807) is 11.3 Å². The molecule has 24 heavy (non-hydrogen) atoms. The van der Waals surface area contributed by atoms with Gasteiger partial charge in [0.15, 0.2) is 0 Å². The molecule has 1 aliphatic heterocycles. The molecule has 2 N–H and O–H groups in total. The van der Waals surface area contributed by atoms with Crippen molar-refractivity contribution < 1.29 is 0 Å². The van der Waals surface area contributed by atoms with Gasteiger partial charge in [0.2, 0.25) is 0 Å². The Morgan fingerprint density at radius 1 is 1.12 bits per heavy atom. The van der Waals surface area contributed by atoms with Gasteiger partial charge in [-0.1, -0.05) is 30.3 Å². The van der Waals surface area contributed by atoms with Gasteiger partial charge in [0, 0.05) is 60.1 Å². The fraction of sp³-hybridized carbons (Fsp3) is 0.316. The van der Waals surface area contributed by atoms with Crippen LogP contribution in [0, 0.1) is 0 Å². The van der Waals surface area contributed by atoms with Gasteiger partial charge < -0.3 is 10.6 Å². The Labute approximate surface area is 146 Å². The average molecular weight is 338 g/mol. The molecule has 3 aromatic rings. The number of aromatic nitrogens is 1. The van der Waals surface area contributed by atoms with Gasteiger partial charge in [-0.2, -0.15) is 0 Å². The van der Waals surface area contributed by atoms with Gasteiger partial charge in [-0.3, -0.25) is 4.90 Å². The third-order valence-electron chi connectivity index (χ3n) is 4.77. The van der Waals surface area contributed by atoms with Gasteiger partial charge in [0.1, 0.15) is 5.82 Å². The molecule has 1 fully saturated rings. The van der Waals surface area contributed by atoms with Gasteiger partial charge in [-0.25, -0.2) is 4.98 Å². The molecule has 0 aliphatic carbocycles. The van der Waals surface area contributed by atoms with Crippen molar-refractivity contribution in [3.8, 4) is 11.1 Å². The van der Waals surface area contributed by atoms with Crippen molar-refractivity contribution in [3.63, 3.8) is 0 Å². The quantitative estimate of drug-likeness (QED) is 0.796. The highest BCUT2D eigenvalue weighted by molar-refractivity contribution is 7.18. The highest BCUT2D eigenvalue weighted by Crippen LogP contribution is 2.38. The van der Waals surface area contributed by atoms with Crippen LogP contribution in [0.5, 0.6) is 0 Å². The molecule has 0 spiro atoms. The van der Waals surface area contributed by atoms with Crippen molar-refractivity contribution in [3.05, 3.63) is 47.5 Å². The number of hydrogen-bond acceptors (Lipinski definition) is 5. The fourth-order valence-corrected chi connectivity index (χ4v) is 4.40. The van der Waals surface area contributed by atoms with Crippen LogP contribution in [0.4, 0.5) is 5.82 Å². The maximum Gasteiger partial charge on any atom is 0.132 e. The Kier molecular flexibility index (Phi) is 4.22. The van der Waals surface area contributed by atoms with Crippen LogP contribution in [0.15, 0.2) is 41.9 Å². The van der Waals surface area contributed by atoms with Crippen molar-refractivity contribution in [2.24, 2.45) is 0 Å². The van der Waals surface area contributed by atoms with E-state index in [2.05, 4.69) is 51.5 Å². The van der Waals surface area contributed by atoms with E-state index in [4.69, 9.17) is 5.73 Å².